The number of carbonyl (C=O) groups excluding carboxylic acids is 5. The summed E-state index contributed by atoms with van der Waals surface area (Å²) in [7, 11) is 0. The molecular weight excluding hydrogens is 466 g/mol. The van der Waals surface area contributed by atoms with Crippen LogP contribution in [0.3, 0.4) is 0 Å². The third-order valence-corrected chi connectivity index (χ3v) is 5.98. The molecule has 4 rings (SSSR count). The molecule has 0 bridgehead atoms. The van der Waals surface area contributed by atoms with Gasteiger partial charge in [-0.3, -0.25) is 28.9 Å². The summed E-state index contributed by atoms with van der Waals surface area (Å²) in [6, 6.07) is 13.2. The molecule has 1 N–H and O–H groups in total. The quantitative estimate of drug-likeness (QED) is 0.398. The summed E-state index contributed by atoms with van der Waals surface area (Å²) >= 11 is 0. The van der Waals surface area contributed by atoms with Gasteiger partial charge in [-0.25, -0.2) is 4.79 Å². The van der Waals surface area contributed by atoms with E-state index in [1.165, 1.54) is 4.90 Å². The molecule has 188 valence electrons. The lowest BCUT2D eigenvalue weighted by Crippen LogP contribution is -2.37. The maximum Gasteiger partial charge on any atom is 0.407 e. The van der Waals surface area contributed by atoms with Crippen molar-refractivity contribution in [1.82, 2.24) is 15.3 Å². The van der Waals surface area contributed by atoms with E-state index in [0.717, 1.165) is 5.06 Å². The van der Waals surface area contributed by atoms with Crippen molar-refractivity contribution >= 4 is 29.7 Å². The molecule has 2 aliphatic heterocycles. The molecule has 10 heteroatoms. The number of imide groups is 2. The molecule has 10 nitrogen and oxygen atoms in total. The summed E-state index contributed by atoms with van der Waals surface area (Å²) in [5.74, 6) is -1.64. The second-order valence-electron chi connectivity index (χ2n) is 9.12. The Morgan fingerprint density at radius 1 is 0.806 bits per heavy atom. The highest BCUT2D eigenvalue weighted by molar-refractivity contribution is 6.21. The van der Waals surface area contributed by atoms with Gasteiger partial charge < -0.3 is 10.1 Å². The number of hydrogen-bond acceptors (Lipinski definition) is 7. The SMILES string of the molecule is CC(C)(CCCN1C(=O)c2ccccc2C1=O)OC(=O)NCCCON1C(=O)c2ccccc2C1=O. The van der Waals surface area contributed by atoms with Gasteiger partial charge in [0.25, 0.3) is 23.6 Å². The first kappa shape index (κ1) is 25.1. The fourth-order valence-corrected chi connectivity index (χ4v) is 4.15. The van der Waals surface area contributed by atoms with Crippen LogP contribution in [0.15, 0.2) is 48.5 Å². The van der Waals surface area contributed by atoms with Crippen molar-refractivity contribution in [3.8, 4) is 0 Å². The fraction of sp³-hybridized carbons (Fsp3) is 0.346. The average molecular weight is 494 g/mol. The monoisotopic (exact) mass is 493 g/mol. The lowest BCUT2D eigenvalue weighted by Gasteiger charge is -2.26. The number of ether oxygens (including phenoxy) is 1. The smallest absolute Gasteiger partial charge is 0.407 e. The summed E-state index contributed by atoms with van der Waals surface area (Å²) in [5.41, 5.74) is 0.594. The van der Waals surface area contributed by atoms with Gasteiger partial charge in [0, 0.05) is 13.1 Å². The van der Waals surface area contributed by atoms with E-state index >= 15 is 0 Å². The second-order valence-corrected chi connectivity index (χ2v) is 9.12. The zero-order valence-corrected chi connectivity index (χ0v) is 20.1. The van der Waals surface area contributed by atoms with Crippen molar-refractivity contribution in [2.24, 2.45) is 0 Å². The van der Waals surface area contributed by atoms with E-state index in [0.29, 0.717) is 41.5 Å². The van der Waals surface area contributed by atoms with Crippen LogP contribution in [-0.4, -0.2) is 65.0 Å². The highest BCUT2D eigenvalue weighted by atomic mass is 16.7. The first-order valence-electron chi connectivity index (χ1n) is 11.7. The molecule has 0 radical (unpaired) electrons. The lowest BCUT2D eigenvalue weighted by molar-refractivity contribution is -0.0917. The predicted octanol–water partition coefficient (Wildman–Crippen LogP) is 3.19. The van der Waals surface area contributed by atoms with Crippen LogP contribution in [0.1, 0.15) is 74.5 Å². The number of amides is 5. The van der Waals surface area contributed by atoms with Gasteiger partial charge >= 0.3 is 6.09 Å². The van der Waals surface area contributed by atoms with Crippen LogP contribution < -0.4 is 5.32 Å². The summed E-state index contributed by atoms with van der Waals surface area (Å²) < 4.78 is 5.48. The van der Waals surface area contributed by atoms with Gasteiger partial charge in [0.2, 0.25) is 0 Å². The van der Waals surface area contributed by atoms with Gasteiger partial charge in [0.15, 0.2) is 0 Å². The van der Waals surface area contributed by atoms with Gasteiger partial charge in [-0.1, -0.05) is 24.3 Å². The van der Waals surface area contributed by atoms with E-state index in [1.807, 2.05) is 0 Å². The number of hydroxylamine groups is 2. The Morgan fingerprint density at radius 3 is 1.83 bits per heavy atom. The van der Waals surface area contributed by atoms with Gasteiger partial charge in [0.1, 0.15) is 5.60 Å². The van der Waals surface area contributed by atoms with Crippen molar-refractivity contribution < 1.29 is 33.5 Å². The molecule has 0 aromatic heterocycles. The average Bonchev–Trinajstić information content (AvgIpc) is 3.24. The van der Waals surface area contributed by atoms with Crippen LogP contribution in [-0.2, 0) is 9.57 Å². The van der Waals surface area contributed by atoms with Gasteiger partial charge in [-0.05, 0) is 57.4 Å². The van der Waals surface area contributed by atoms with Crippen molar-refractivity contribution in [3.63, 3.8) is 0 Å². The molecule has 0 atom stereocenters. The van der Waals surface area contributed by atoms with E-state index in [2.05, 4.69) is 5.32 Å². The number of hydrogen-bond donors (Lipinski definition) is 1. The Kier molecular flexibility index (Phi) is 7.16. The van der Waals surface area contributed by atoms with E-state index in [-0.39, 0.29) is 31.5 Å². The topological polar surface area (TPSA) is 122 Å². The Morgan fingerprint density at radius 2 is 1.31 bits per heavy atom. The molecule has 0 saturated carbocycles. The first-order chi connectivity index (χ1) is 17.2. The number of fused-ring (bicyclic) bond motifs is 2. The summed E-state index contributed by atoms with van der Waals surface area (Å²) in [6.45, 7) is 4.00. The van der Waals surface area contributed by atoms with E-state index in [9.17, 15) is 24.0 Å². The highest BCUT2D eigenvalue weighted by Crippen LogP contribution is 2.25. The number of carbonyl (C=O) groups is 5. The minimum absolute atomic E-state index is 0.0510. The second kappa shape index (κ2) is 10.3. The molecule has 2 aliphatic rings. The summed E-state index contributed by atoms with van der Waals surface area (Å²) in [5, 5.41) is 3.35. The molecule has 2 heterocycles. The molecule has 0 spiro atoms. The third kappa shape index (κ3) is 5.13. The fourth-order valence-electron chi connectivity index (χ4n) is 4.15. The number of nitrogens with zero attached hydrogens (tertiary/aromatic N) is 2. The Labute approximate surface area is 208 Å². The van der Waals surface area contributed by atoms with Crippen molar-refractivity contribution in [3.05, 3.63) is 70.8 Å². The highest BCUT2D eigenvalue weighted by Gasteiger charge is 2.37. The molecule has 0 unspecified atom stereocenters. The standard InChI is InChI=1S/C26H27N3O7/c1-26(2,13-7-15-28-21(30)17-9-3-4-10-18(17)22(28)31)36-25(34)27-14-8-16-35-29-23(32)19-11-5-6-12-20(19)24(29)33/h3-6,9-12H,7-8,13-16H2,1-2H3,(H,27,34). The van der Waals surface area contributed by atoms with E-state index in [4.69, 9.17) is 9.57 Å². The Hall–Kier alpha value is -4.05. The molecule has 2 aromatic carbocycles. The van der Waals surface area contributed by atoms with Crippen LogP contribution in [0.4, 0.5) is 4.79 Å². The van der Waals surface area contributed by atoms with Gasteiger partial charge in [-0.15, -0.1) is 5.06 Å². The normalized spacial score (nSPS) is 14.8. The first-order valence-corrected chi connectivity index (χ1v) is 11.7. The van der Waals surface area contributed by atoms with Gasteiger partial charge in [0.05, 0.1) is 28.9 Å². The molecule has 0 fully saturated rings. The molecule has 2 aromatic rings. The van der Waals surface area contributed by atoms with Crippen molar-refractivity contribution in [2.45, 2.75) is 38.7 Å². The van der Waals surface area contributed by atoms with E-state index in [1.54, 1.807) is 62.4 Å². The maximum atomic E-state index is 12.4. The third-order valence-electron chi connectivity index (χ3n) is 5.98. The van der Waals surface area contributed by atoms with Crippen LogP contribution in [0.5, 0.6) is 0 Å². The summed E-state index contributed by atoms with van der Waals surface area (Å²) in [4.78, 5) is 68.1. The molecule has 5 amide bonds. The van der Waals surface area contributed by atoms with Crippen LogP contribution >= 0.6 is 0 Å². The minimum Gasteiger partial charge on any atom is -0.444 e. The van der Waals surface area contributed by atoms with Crippen molar-refractivity contribution in [1.29, 1.82) is 0 Å². The number of nitrogens with one attached hydrogen (secondary N) is 1. The maximum absolute atomic E-state index is 12.4. The molecule has 0 saturated heterocycles. The number of benzene rings is 2. The lowest BCUT2D eigenvalue weighted by atomic mass is 10.0. The number of rotatable bonds is 10. The van der Waals surface area contributed by atoms with Crippen LogP contribution in [0, 0.1) is 0 Å². The van der Waals surface area contributed by atoms with Gasteiger partial charge in [-0.2, -0.15) is 0 Å². The van der Waals surface area contributed by atoms with Crippen LogP contribution in [0.25, 0.3) is 0 Å². The Balaban J connectivity index is 1.13. The van der Waals surface area contributed by atoms with E-state index < -0.39 is 23.5 Å². The largest absolute Gasteiger partial charge is 0.444 e. The van der Waals surface area contributed by atoms with Crippen LogP contribution in [0.2, 0.25) is 0 Å². The van der Waals surface area contributed by atoms with Crippen molar-refractivity contribution in [2.75, 3.05) is 19.7 Å². The Bertz CT molecular complexity index is 1150. The molecule has 0 aliphatic carbocycles. The zero-order chi connectivity index (χ0) is 25.9. The molecular formula is C26H27N3O7. The zero-order valence-electron chi connectivity index (χ0n) is 20.1. The minimum atomic E-state index is -0.820. The predicted molar refractivity (Wildman–Crippen MR) is 127 cm³/mol. The molecule has 36 heavy (non-hydrogen) atoms. The summed E-state index contributed by atoms with van der Waals surface area (Å²) in [6.07, 6.45) is 0.639. The number of alkyl carbamates (subject to hydrolysis) is 1.